The molecule has 0 spiro atoms. The van der Waals surface area contributed by atoms with Crippen LogP contribution in [0.3, 0.4) is 0 Å². The number of nitrogens with two attached hydrogens (primary N) is 1. The van der Waals surface area contributed by atoms with E-state index in [-0.39, 0.29) is 11.9 Å². The highest BCUT2D eigenvalue weighted by Crippen LogP contribution is 2.36. The van der Waals surface area contributed by atoms with Gasteiger partial charge in [0.25, 0.3) is 0 Å². The summed E-state index contributed by atoms with van der Waals surface area (Å²) in [6, 6.07) is 5.29. The second kappa shape index (κ2) is 5.30. The van der Waals surface area contributed by atoms with Crippen LogP contribution in [-0.4, -0.2) is 0 Å². The van der Waals surface area contributed by atoms with Crippen LogP contribution in [0.15, 0.2) is 18.2 Å². The highest BCUT2D eigenvalue weighted by atomic mass is 32.1. The average Bonchev–Trinajstić information content (AvgIpc) is 2.81. The Morgan fingerprint density at radius 1 is 1.10 bits per heavy atom. The second-order valence-corrected chi connectivity index (χ2v) is 6.90. The third kappa shape index (κ3) is 2.40. The van der Waals surface area contributed by atoms with Crippen LogP contribution in [0.4, 0.5) is 4.39 Å². The van der Waals surface area contributed by atoms with Crippen LogP contribution in [0.1, 0.15) is 50.9 Å². The first-order valence-corrected chi connectivity index (χ1v) is 8.01. The maximum Gasteiger partial charge on any atom is 0.123 e. The highest BCUT2D eigenvalue weighted by Gasteiger charge is 2.20. The molecule has 2 N–H and O–H groups in total. The summed E-state index contributed by atoms with van der Waals surface area (Å²) in [7, 11) is 0. The highest BCUT2D eigenvalue weighted by molar-refractivity contribution is 7.12. The van der Waals surface area contributed by atoms with Gasteiger partial charge in [0.1, 0.15) is 5.82 Å². The summed E-state index contributed by atoms with van der Waals surface area (Å²) < 4.78 is 13.4. The van der Waals surface area contributed by atoms with Crippen LogP contribution in [0.5, 0.6) is 0 Å². The molecule has 0 aliphatic heterocycles. The van der Waals surface area contributed by atoms with Crippen LogP contribution in [0.2, 0.25) is 0 Å². The van der Waals surface area contributed by atoms with Gasteiger partial charge in [0.15, 0.2) is 0 Å². The Bertz CT molecular complexity index is 598. The molecule has 0 saturated heterocycles. The molecule has 0 radical (unpaired) electrons. The molecule has 1 nitrogen and oxygen atoms in total. The minimum atomic E-state index is -0.179. The fraction of sp³-hybridized carbons (Fsp3) is 0.412. The summed E-state index contributed by atoms with van der Waals surface area (Å²) in [4.78, 5) is 2.72. The first kappa shape index (κ1) is 13.8. The summed E-state index contributed by atoms with van der Waals surface area (Å²) in [6.07, 6.45) is 4.94. The maximum atomic E-state index is 13.4. The van der Waals surface area contributed by atoms with E-state index >= 15 is 0 Å². The smallest absolute Gasteiger partial charge is 0.123 e. The molecular formula is C17H20FNS. The van der Waals surface area contributed by atoms with Gasteiger partial charge in [0, 0.05) is 9.75 Å². The third-order valence-electron chi connectivity index (χ3n) is 4.19. The number of thiophene rings is 1. The van der Waals surface area contributed by atoms with E-state index in [0.717, 1.165) is 16.7 Å². The van der Waals surface area contributed by atoms with Gasteiger partial charge in [-0.2, -0.15) is 0 Å². The molecule has 1 aliphatic carbocycles. The number of halogens is 1. The van der Waals surface area contributed by atoms with Crippen molar-refractivity contribution < 1.29 is 4.39 Å². The molecule has 1 unspecified atom stereocenters. The zero-order valence-electron chi connectivity index (χ0n) is 12.0. The molecule has 0 amide bonds. The number of benzene rings is 1. The lowest BCUT2D eigenvalue weighted by Crippen LogP contribution is -2.13. The van der Waals surface area contributed by atoms with Crippen LogP contribution in [0, 0.1) is 19.7 Å². The van der Waals surface area contributed by atoms with E-state index in [9.17, 15) is 4.39 Å². The summed E-state index contributed by atoms with van der Waals surface area (Å²) in [5.41, 5.74) is 10.9. The van der Waals surface area contributed by atoms with E-state index in [1.807, 2.05) is 25.2 Å². The van der Waals surface area contributed by atoms with Gasteiger partial charge >= 0.3 is 0 Å². The number of fused-ring (bicyclic) bond motifs is 1. The molecule has 1 aliphatic rings. The zero-order chi connectivity index (χ0) is 14.3. The van der Waals surface area contributed by atoms with Gasteiger partial charge in [-0.05, 0) is 80.0 Å². The van der Waals surface area contributed by atoms with Crippen molar-refractivity contribution in [3.8, 4) is 0 Å². The van der Waals surface area contributed by atoms with E-state index in [1.54, 1.807) is 12.1 Å². The molecule has 1 atom stereocenters. The normalized spacial score (nSPS) is 16.0. The molecule has 0 fully saturated rings. The minimum Gasteiger partial charge on any atom is -0.320 e. The molecule has 1 aromatic carbocycles. The summed E-state index contributed by atoms with van der Waals surface area (Å²) in [6.45, 7) is 3.89. The topological polar surface area (TPSA) is 26.0 Å². The van der Waals surface area contributed by atoms with Gasteiger partial charge in [-0.3, -0.25) is 0 Å². The standard InChI is InChI=1S/C17H20FNS/c1-10-7-13(18)8-11(2)16(10)17(19)15-9-12-5-3-4-6-14(12)20-15/h7-9,17H,3-6,19H2,1-2H3. The monoisotopic (exact) mass is 289 g/mol. The lowest BCUT2D eigenvalue weighted by molar-refractivity contribution is 0.623. The zero-order valence-corrected chi connectivity index (χ0v) is 12.8. The van der Waals surface area contributed by atoms with Gasteiger partial charge in [0.2, 0.25) is 0 Å². The quantitative estimate of drug-likeness (QED) is 0.869. The Labute approximate surface area is 123 Å². The molecular weight excluding hydrogens is 269 g/mol. The molecule has 106 valence electrons. The third-order valence-corrected chi connectivity index (χ3v) is 5.51. The van der Waals surface area contributed by atoms with Gasteiger partial charge in [-0.25, -0.2) is 4.39 Å². The molecule has 20 heavy (non-hydrogen) atoms. The molecule has 2 aromatic rings. The SMILES string of the molecule is Cc1cc(F)cc(C)c1C(N)c1cc2c(s1)CCCC2. The maximum absolute atomic E-state index is 13.4. The Morgan fingerprint density at radius 3 is 2.40 bits per heavy atom. The van der Waals surface area contributed by atoms with E-state index in [1.165, 1.54) is 41.0 Å². The van der Waals surface area contributed by atoms with Crippen LogP contribution in [0.25, 0.3) is 0 Å². The molecule has 3 rings (SSSR count). The van der Waals surface area contributed by atoms with Gasteiger partial charge < -0.3 is 5.73 Å². The predicted octanol–water partition coefficient (Wildman–Crippen LogP) is 4.43. The number of hydrogen-bond acceptors (Lipinski definition) is 2. The van der Waals surface area contributed by atoms with E-state index in [0.29, 0.717) is 0 Å². The van der Waals surface area contributed by atoms with E-state index < -0.39 is 0 Å². The number of hydrogen-bond donors (Lipinski definition) is 1. The van der Waals surface area contributed by atoms with Crippen molar-refractivity contribution in [2.24, 2.45) is 5.73 Å². The van der Waals surface area contributed by atoms with Gasteiger partial charge in [0.05, 0.1) is 6.04 Å². The molecule has 3 heteroatoms. The summed E-state index contributed by atoms with van der Waals surface area (Å²) in [5.74, 6) is -0.179. The van der Waals surface area contributed by atoms with Crippen molar-refractivity contribution in [1.82, 2.24) is 0 Å². The fourth-order valence-electron chi connectivity index (χ4n) is 3.22. The van der Waals surface area contributed by atoms with Crippen molar-refractivity contribution in [3.05, 3.63) is 56.0 Å². The molecule has 1 aromatic heterocycles. The number of aryl methyl sites for hydroxylation is 4. The van der Waals surface area contributed by atoms with Crippen LogP contribution in [-0.2, 0) is 12.8 Å². The average molecular weight is 289 g/mol. The van der Waals surface area contributed by atoms with Crippen molar-refractivity contribution >= 4 is 11.3 Å². The first-order chi connectivity index (χ1) is 9.56. The molecule has 1 heterocycles. The second-order valence-electron chi connectivity index (χ2n) is 5.74. The van der Waals surface area contributed by atoms with E-state index in [2.05, 4.69) is 6.07 Å². The van der Waals surface area contributed by atoms with Crippen molar-refractivity contribution in [2.45, 2.75) is 45.6 Å². The summed E-state index contributed by atoms with van der Waals surface area (Å²) in [5, 5.41) is 0. The van der Waals surface area contributed by atoms with Gasteiger partial charge in [-0.1, -0.05) is 0 Å². The van der Waals surface area contributed by atoms with Crippen LogP contribution >= 0.6 is 11.3 Å². The van der Waals surface area contributed by atoms with Crippen molar-refractivity contribution in [1.29, 1.82) is 0 Å². The molecule has 0 bridgehead atoms. The van der Waals surface area contributed by atoms with Crippen molar-refractivity contribution in [3.63, 3.8) is 0 Å². The first-order valence-electron chi connectivity index (χ1n) is 7.20. The minimum absolute atomic E-state index is 0.133. The Morgan fingerprint density at radius 2 is 1.75 bits per heavy atom. The largest absolute Gasteiger partial charge is 0.320 e. The van der Waals surface area contributed by atoms with E-state index in [4.69, 9.17) is 5.73 Å². The number of rotatable bonds is 2. The predicted molar refractivity (Wildman–Crippen MR) is 82.9 cm³/mol. The fourth-order valence-corrected chi connectivity index (χ4v) is 4.49. The van der Waals surface area contributed by atoms with Crippen molar-refractivity contribution in [2.75, 3.05) is 0 Å². The van der Waals surface area contributed by atoms with Gasteiger partial charge in [-0.15, -0.1) is 11.3 Å². The Hall–Kier alpha value is -1.19. The summed E-state index contributed by atoms with van der Waals surface area (Å²) >= 11 is 1.84. The Kier molecular flexibility index (Phi) is 3.65. The Balaban J connectivity index is 2.00. The molecule has 0 saturated carbocycles. The lowest BCUT2D eigenvalue weighted by Gasteiger charge is -2.16. The van der Waals surface area contributed by atoms with Crippen LogP contribution < -0.4 is 5.73 Å². The lowest BCUT2D eigenvalue weighted by atomic mass is 9.94.